The lowest BCUT2D eigenvalue weighted by Gasteiger charge is -2.22. The van der Waals surface area contributed by atoms with Crippen LogP contribution in [0.3, 0.4) is 0 Å². The maximum Gasteiger partial charge on any atom is 0.231 e. The van der Waals surface area contributed by atoms with Crippen molar-refractivity contribution in [1.82, 2.24) is 4.68 Å². The average molecular weight is 478 g/mol. The summed E-state index contributed by atoms with van der Waals surface area (Å²) in [6.07, 6.45) is 6.67. The largest absolute Gasteiger partial charge is 0.454 e. The molecule has 1 saturated carbocycles. The van der Waals surface area contributed by atoms with E-state index in [2.05, 4.69) is 29.6 Å². The lowest BCUT2D eigenvalue weighted by Crippen LogP contribution is -2.15. The summed E-state index contributed by atoms with van der Waals surface area (Å²) in [5, 5.41) is 7.13. The Kier molecular flexibility index (Phi) is 7.11. The number of aromatic nitrogens is 1. The van der Waals surface area contributed by atoms with Crippen LogP contribution < -0.4 is 14.3 Å². The van der Waals surface area contributed by atoms with Crippen molar-refractivity contribution in [2.24, 2.45) is 10.1 Å². The van der Waals surface area contributed by atoms with Crippen LogP contribution in [0.25, 0.3) is 11.3 Å². The molecule has 0 radical (unpaired) electrons. The van der Waals surface area contributed by atoms with Gasteiger partial charge in [0.2, 0.25) is 11.6 Å². The van der Waals surface area contributed by atoms with Gasteiger partial charge in [-0.25, -0.2) is 4.68 Å². The lowest BCUT2D eigenvalue weighted by atomic mass is 9.84. The Balaban J connectivity index is 1.49. The Morgan fingerprint density at radius 1 is 1.06 bits per heavy atom. The number of methoxy groups -OCH3 is 1. The van der Waals surface area contributed by atoms with Crippen LogP contribution in [0.5, 0.6) is 11.5 Å². The fourth-order valence-electron chi connectivity index (χ4n) is 4.63. The molecule has 1 aliphatic carbocycles. The van der Waals surface area contributed by atoms with E-state index in [1.807, 2.05) is 29.8 Å². The molecule has 34 heavy (non-hydrogen) atoms. The highest BCUT2D eigenvalue weighted by molar-refractivity contribution is 7.07. The number of rotatable bonds is 7. The predicted molar refractivity (Wildman–Crippen MR) is 136 cm³/mol. The van der Waals surface area contributed by atoms with Crippen LogP contribution in [-0.2, 0) is 4.74 Å². The lowest BCUT2D eigenvalue weighted by molar-refractivity contribution is 0.174. The molecule has 6 nitrogen and oxygen atoms in total. The number of nitrogens with zero attached hydrogens (tertiary/aromatic N) is 3. The van der Waals surface area contributed by atoms with Crippen molar-refractivity contribution in [1.29, 1.82) is 0 Å². The summed E-state index contributed by atoms with van der Waals surface area (Å²) in [6.45, 7) is 3.44. The van der Waals surface area contributed by atoms with Crippen LogP contribution in [0.15, 0.2) is 57.9 Å². The number of ether oxygens (including phenoxy) is 3. The first-order chi connectivity index (χ1) is 16.7. The van der Waals surface area contributed by atoms with Gasteiger partial charge in [0, 0.05) is 23.6 Å². The number of hydrogen-bond acceptors (Lipinski definition) is 6. The van der Waals surface area contributed by atoms with Gasteiger partial charge in [-0.05, 0) is 49.4 Å². The molecule has 5 rings (SSSR count). The van der Waals surface area contributed by atoms with E-state index < -0.39 is 0 Å². The number of benzene rings is 2. The maximum absolute atomic E-state index is 5.55. The van der Waals surface area contributed by atoms with Gasteiger partial charge in [0.05, 0.1) is 24.6 Å². The average Bonchev–Trinajstić information content (AvgIpc) is 3.51. The van der Waals surface area contributed by atoms with Crippen molar-refractivity contribution < 1.29 is 14.2 Å². The topological polar surface area (TPSA) is 57.3 Å². The predicted octanol–water partition coefficient (Wildman–Crippen LogP) is 5.81. The standard InChI is InChI=1S/C27H31N3O3S/c1-19(23-12-13-25-26(16-23)33-18-32-25)29-30-24(17-34-27(30)28-14-15-31-2)22-10-8-21(9-11-22)20-6-4-3-5-7-20/h8-13,16-17,20H,3-7,14-15,18H2,1-2H3/b28-27?,29-19+. The molecule has 2 heterocycles. The Hall–Kier alpha value is -2.90. The van der Waals surface area contributed by atoms with Crippen LogP contribution in [0.4, 0.5) is 0 Å². The molecule has 3 aromatic rings. The van der Waals surface area contributed by atoms with Gasteiger partial charge < -0.3 is 14.2 Å². The number of fused-ring (bicyclic) bond motifs is 1. The third kappa shape index (κ3) is 4.95. The van der Waals surface area contributed by atoms with E-state index in [4.69, 9.17) is 24.3 Å². The molecule has 0 N–H and O–H groups in total. The highest BCUT2D eigenvalue weighted by Gasteiger charge is 2.17. The first-order valence-electron chi connectivity index (χ1n) is 12.0. The molecule has 0 amide bonds. The molecule has 0 atom stereocenters. The molecule has 7 heteroatoms. The Morgan fingerprint density at radius 3 is 2.65 bits per heavy atom. The number of hydrogen-bond donors (Lipinski definition) is 0. The second-order valence-electron chi connectivity index (χ2n) is 8.80. The first kappa shape index (κ1) is 22.9. The van der Waals surface area contributed by atoms with E-state index in [1.165, 1.54) is 37.7 Å². The summed E-state index contributed by atoms with van der Waals surface area (Å²) < 4.78 is 18.2. The number of thiazole rings is 1. The molecule has 1 fully saturated rings. The monoisotopic (exact) mass is 477 g/mol. The molecule has 1 aromatic heterocycles. The summed E-state index contributed by atoms with van der Waals surface area (Å²) in [6, 6.07) is 15.0. The zero-order chi connectivity index (χ0) is 23.3. The minimum Gasteiger partial charge on any atom is -0.454 e. The van der Waals surface area contributed by atoms with Crippen LogP contribution in [-0.4, -0.2) is 37.4 Å². The van der Waals surface area contributed by atoms with Crippen LogP contribution in [0.1, 0.15) is 56.1 Å². The molecule has 178 valence electrons. The fourth-order valence-corrected chi connectivity index (χ4v) is 5.48. The van der Waals surface area contributed by atoms with Gasteiger partial charge in [-0.3, -0.25) is 4.99 Å². The third-order valence-electron chi connectivity index (χ3n) is 6.55. The molecule has 0 saturated heterocycles. The Bertz CT molecular complexity index is 1220. The summed E-state index contributed by atoms with van der Waals surface area (Å²) >= 11 is 1.60. The van der Waals surface area contributed by atoms with Crippen LogP contribution >= 0.6 is 11.3 Å². The van der Waals surface area contributed by atoms with Crippen molar-refractivity contribution in [3.63, 3.8) is 0 Å². The summed E-state index contributed by atoms with van der Waals surface area (Å²) in [7, 11) is 1.69. The van der Waals surface area contributed by atoms with Gasteiger partial charge in [-0.2, -0.15) is 5.10 Å². The van der Waals surface area contributed by atoms with Gasteiger partial charge >= 0.3 is 0 Å². The minimum atomic E-state index is 0.262. The minimum absolute atomic E-state index is 0.262. The third-order valence-corrected chi connectivity index (χ3v) is 7.41. The van der Waals surface area contributed by atoms with Gasteiger partial charge in [-0.1, -0.05) is 43.5 Å². The van der Waals surface area contributed by atoms with Crippen molar-refractivity contribution in [3.05, 3.63) is 63.8 Å². The molecule has 1 aliphatic heterocycles. The SMILES string of the molecule is COCCN=c1scc(-c2ccc(C3CCCCC3)cc2)n1/N=C(\C)c1ccc2c(c1)OCO2. The second kappa shape index (κ2) is 10.6. The Morgan fingerprint density at radius 2 is 1.85 bits per heavy atom. The van der Waals surface area contributed by atoms with E-state index in [9.17, 15) is 0 Å². The van der Waals surface area contributed by atoms with Crippen molar-refractivity contribution in [2.75, 3.05) is 27.1 Å². The van der Waals surface area contributed by atoms with Crippen molar-refractivity contribution in [3.8, 4) is 22.8 Å². The molecule has 2 aliphatic rings. The van der Waals surface area contributed by atoms with E-state index in [0.29, 0.717) is 19.1 Å². The van der Waals surface area contributed by atoms with Gasteiger partial charge in [0.15, 0.2) is 11.5 Å². The summed E-state index contributed by atoms with van der Waals surface area (Å²) in [5.41, 5.74) is 5.51. The van der Waals surface area contributed by atoms with E-state index in [1.54, 1.807) is 18.4 Å². The maximum atomic E-state index is 5.55. The summed E-state index contributed by atoms with van der Waals surface area (Å²) in [5.74, 6) is 2.22. The highest BCUT2D eigenvalue weighted by atomic mass is 32.1. The molecular weight excluding hydrogens is 446 g/mol. The van der Waals surface area contributed by atoms with Gasteiger partial charge in [0.1, 0.15) is 0 Å². The summed E-state index contributed by atoms with van der Waals surface area (Å²) in [4.78, 5) is 5.59. The van der Waals surface area contributed by atoms with Crippen molar-refractivity contribution >= 4 is 17.0 Å². The molecule has 0 bridgehead atoms. The molecule has 0 unspecified atom stereocenters. The van der Waals surface area contributed by atoms with Gasteiger partial charge in [-0.15, -0.1) is 11.3 Å². The fraction of sp³-hybridized carbons (Fsp3) is 0.407. The van der Waals surface area contributed by atoms with E-state index >= 15 is 0 Å². The second-order valence-corrected chi connectivity index (χ2v) is 9.64. The zero-order valence-electron chi connectivity index (χ0n) is 19.8. The Labute approximate surface area is 204 Å². The van der Waals surface area contributed by atoms with E-state index in [-0.39, 0.29) is 6.79 Å². The normalized spacial score (nSPS) is 16.9. The van der Waals surface area contributed by atoms with E-state index in [0.717, 1.165) is 38.8 Å². The smallest absolute Gasteiger partial charge is 0.231 e. The van der Waals surface area contributed by atoms with Crippen LogP contribution in [0.2, 0.25) is 0 Å². The highest BCUT2D eigenvalue weighted by Crippen LogP contribution is 2.34. The zero-order valence-corrected chi connectivity index (χ0v) is 20.6. The molecule has 2 aromatic carbocycles. The van der Waals surface area contributed by atoms with Gasteiger partial charge in [0.25, 0.3) is 0 Å². The van der Waals surface area contributed by atoms with Crippen molar-refractivity contribution in [2.45, 2.75) is 44.9 Å². The molecule has 0 spiro atoms. The molecular formula is C27H31N3O3S. The van der Waals surface area contributed by atoms with Crippen LogP contribution in [0, 0.1) is 0 Å². The first-order valence-corrected chi connectivity index (χ1v) is 12.9. The quantitative estimate of drug-likeness (QED) is 0.319.